The van der Waals surface area contributed by atoms with Crippen LogP contribution in [-0.4, -0.2) is 67.2 Å². The van der Waals surface area contributed by atoms with Gasteiger partial charge in [-0.1, -0.05) is 99.6 Å². The number of halogens is 3. The van der Waals surface area contributed by atoms with Gasteiger partial charge in [0.05, 0.1) is 16.0 Å². The van der Waals surface area contributed by atoms with Crippen LogP contribution in [0.4, 0.5) is 18.9 Å². The van der Waals surface area contributed by atoms with Crippen molar-refractivity contribution in [1.29, 1.82) is 0 Å². The highest BCUT2D eigenvalue weighted by atomic mass is 32.2. The second-order valence-corrected chi connectivity index (χ2v) is 22.3. The van der Waals surface area contributed by atoms with Crippen LogP contribution in [0.5, 0.6) is 0 Å². The SMILES string of the molecule is CC(CC(Sc1ccccc1)N(C)CCO[Si](c1ccccc1)(c1ccccc1)C(C)(C)C)Nc1ccc(S(N)(=O)=O)cc1S(=O)(=O)C(F)(F)F. The second-order valence-electron chi connectivity index (χ2n) is 13.3. The van der Waals surface area contributed by atoms with Gasteiger partial charge in [0.1, 0.15) is 4.90 Å². The molecule has 4 aromatic carbocycles. The second kappa shape index (κ2) is 16.2. The van der Waals surface area contributed by atoms with Gasteiger partial charge in [-0.05, 0) is 66.1 Å². The van der Waals surface area contributed by atoms with Gasteiger partial charge in [-0.25, -0.2) is 22.0 Å². The number of sulfone groups is 1. The van der Waals surface area contributed by atoms with E-state index in [0.717, 1.165) is 27.4 Å². The van der Waals surface area contributed by atoms with E-state index in [1.165, 1.54) is 0 Å². The first-order valence-corrected chi connectivity index (χ1v) is 22.0. The van der Waals surface area contributed by atoms with E-state index in [9.17, 15) is 30.0 Å². The molecule has 0 fully saturated rings. The zero-order valence-corrected chi connectivity index (χ0v) is 32.5. The van der Waals surface area contributed by atoms with Crippen molar-refractivity contribution in [3.8, 4) is 0 Å². The molecule has 0 aliphatic carbocycles. The van der Waals surface area contributed by atoms with Gasteiger partial charge in [-0.15, -0.1) is 11.8 Å². The predicted octanol–water partition coefficient (Wildman–Crippen LogP) is 6.44. The van der Waals surface area contributed by atoms with Crippen LogP contribution in [0.25, 0.3) is 0 Å². The van der Waals surface area contributed by atoms with Gasteiger partial charge in [0.15, 0.2) is 0 Å². The molecule has 4 aromatic rings. The van der Waals surface area contributed by atoms with Crippen LogP contribution < -0.4 is 20.8 Å². The lowest BCUT2D eigenvalue weighted by Gasteiger charge is -2.43. The summed E-state index contributed by atoms with van der Waals surface area (Å²) < 4.78 is 97.2. The highest BCUT2D eigenvalue weighted by Gasteiger charge is 2.50. The van der Waals surface area contributed by atoms with Crippen molar-refractivity contribution in [3.05, 3.63) is 109 Å². The van der Waals surface area contributed by atoms with Crippen molar-refractivity contribution in [2.75, 3.05) is 25.5 Å². The monoisotopic (exact) mass is 779 g/mol. The van der Waals surface area contributed by atoms with Crippen molar-refractivity contribution in [2.24, 2.45) is 5.14 Å². The molecule has 15 heteroatoms. The Labute approximate surface area is 304 Å². The van der Waals surface area contributed by atoms with Gasteiger partial charge in [-0.3, -0.25) is 4.90 Å². The minimum atomic E-state index is -5.92. The Morgan fingerprint density at radius 2 is 1.35 bits per heavy atom. The number of nitrogens with zero attached hydrogens (tertiary/aromatic N) is 1. The molecule has 276 valence electrons. The number of alkyl halides is 3. The van der Waals surface area contributed by atoms with Crippen LogP contribution in [0.3, 0.4) is 0 Å². The van der Waals surface area contributed by atoms with E-state index < -0.39 is 49.5 Å². The molecule has 2 unspecified atom stereocenters. The van der Waals surface area contributed by atoms with Gasteiger partial charge in [0, 0.05) is 24.1 Å². The smallest absolute Gasteiger partial charge is 0.406 e. The Morgan fingerprint density at radius 1 is 0.843 bits per heavy atom. The summed E-state index contributed by atoms with van der Waals surface area (Å²) in [6.45, 7) is 9.23. The maximum Gasteiger partial charge on any atom is 0.501 e. The van der Waals surface area contributed by atoms with Crippen LogP contribution in [0, 0.1) is 0 Å². The lowest BCUT2D eigenvalue weighted by Crippen LogP contribution is -2.67. The number of thioether (sulfide) groups is 1. The summed E-state index contributed by atoms with van der Waals surface area (Å²) in [7, 11) is -11.3. The Bertz CT molecular complexity index is 1930. The highest BCUT2D eigenvalue weighted by molar-refractivity contribution is 7.99. The topological polar surface area (TPSA) is 119 Å². The number of anilines is 1. The number of hydrogen-bond donors (Lipinski definition) is 2. The molecule has 8 nitrogen and oxygen atoms in total. The van der Waals surface area contributed by atoms with E-state index in [1.807, 2.05) is 73.8 Å². The van der Waals surface area contributed by atoms with E-state index in [2.05, 4.69) is 55.3 Å². The minimum absolute atomic E-state index is 0.224. The lowest BCUT2D eigenvalue weighted by molar-refractivity contribution is -0.0435. The summed E-state index contributed by atoms with van der Waals surface area (Å²) >= 11 is 1.56. The van der Waals surface area contributed by atoms with Crippen LogP contribution in [0.1, 0.15) is 34.1 Å². The first-order chi connectivity index (χ1) is 23.8. The fraction of sp³-hybridized carbons (Fsp3) is 0.333. The molecule has 0 amide bonds. The summed E-state index contributed by atoms with van der Waals surface area (Å²) in [5, 5.41) is 9.86. The average Bonchev–Trinajstić information content (AvgIpc) is 3.06. The van der Waals surface area contributed by atoms with Crippen LogP contribution in [0.2, 0.25) is 5.04 Å². The van der Waals surface area contributed by atoms with E-state index in [1.54, 1.807) is 18.7 Å². The Kier molecular flexibility index (Phi) is 12.9. The number of rotatable bonds is 15. The predicted molar refractivity (Wildman–Crippen MR) is 201 cm³/mol. The third-order valence-corrected chi connectivity index (χ3v) is 17.4. The van der Waals surface area contributed by atoms with Gasteiger partial charge < -0.3 is 9.74 Å². The third-order valence-electron chi connectivity index (χ3n) is 8.52. The maximum absolute atomic E-state index is 13.7. The summed E-state index contributed by atoms with van der Waals surface area (Å²) in [6, 6.07) is 32.1. The molecule has 51 heavy (non-hydrogen) atoms. The zero-order valence-electron chi connectivity index (χ0n) is 29.1. The summed E-state index contributed by atoms with van der Waals surface area (Å²) in [5.74, 6) is 0. The maximum atomic E-state index is 13.7. The van der Waals surface area contributed by atoms with Crippen LogP contribution in [-0.2, 0) is 24.3 Å². The summed E-state index contributed by atoms with van der Waals surface area (Å²) in [4.78, 5) is 1.12. The molecule has 0 radical (unpaired) electrons. The largest absolute Gasteiger partial charge is 0.501 e. The molecule has 3 N–H and O–H groups in total. The number of nitrogens with two attached hydrogens (primary N) is 1. The molecule has 2 atom stereocenters. The molecule has 0 saturated heterocycles. The number of nitrogens with one attached hydrogen (secondary N) is 1. The Morgan fingerprint density at radius 3 is 1.82 bits per heavy atom. The van der Waals surface area contributed by atoms with Gasteiger partial charge in [-0.2, -0.15) is 13.2 Å². The van der Waals surface area contributed by atoms with E-state index in [-0.39, 0.29) is 16.1 Å². The number of sulfonamides is 1. The zero-order chi connectivity index (χ0) is 37.7. The molecular formula is C36H44F3N3O5S3Si. The molecule has 0 aliphatic heterocycles. The fourth-order valence-electron chi connectivity index (χ4n) is 6.00. The molecular weight excluding hydrogens is 736 g/mol. The normalized spacial score (nSPS) is 14.3. The number of primary sulfonamides is 1. The van der Waals surface area contributed by atoms with E-state index in [4.69, 9.17) is 9.56 Å². The van der Waals surface area contributed by atoms with Crippen molar-refractivity contribution in [1.82, 2.24) is 4.90 Å². The van der Waals surface area contributed by atoms with Crippen molar-refractivity contribution < 1.29 is 34.4 Å². The number of benzene rings is 4. The average molecular weight is 780 g/mol. The van der Waals surface area contributed by atoms with E-state index in [0.29, 0.717) is 25.6 Å². The van der Waals surface area contributed by atoms with Crippen molar-refractivity contribution >= 4 is 56.0 Å². The molecule has 0 aromatic heterocycles. The number of hydrogen-bond acceptors (Lipinski definition) is 8. The van der Waals surface area contributed by atoms with E-state index >= 15 is 0 Å². The standard InChI is InChI=1S/C36H44F3N3O5S3Si/c1-27(41-32-22-21-29(50(40,45)46)26-33(32)49(43,44)36(37,38)39)25-34(48-28-15-9-6-10-16-28)42(5)23-24-47-51(35(2,3)4,30-17-11-7-12-18-30)31-19-13-8-14-20-31/h6-22,26-27,34,41H,23-25H2,1-5H3,(H2,40,45,46). The Balaban J connectivity index is 1.62. The van der Waals surface area contributed by atoms with Crippen molar-refractivity contribution in [2.45, 2.75) is 70.8 Å². The van der Waals surface area contributed by atoms with Gasteiger partial charge in [0.2, 0.25) is 10.0 Å². The first-order valence-electron chi connectivity index (χ1n) is 16.2. The molecule has 0 saturated carbocycles. The molecule has 0 heterocycles. The number of likely N-dealkylation sites (N-methyl/N-ethyl adjacent to an activating group) is 1. The van der Waals surface area contributed by atoms with Crippen LogP contribution >= 0.6 is 11.8 Å². The molecule has 0 spiro atoms. The molecule has 0 aliphatic rings. The van der Waals surface area contributed by atoms with Crippen molar-refractivity contribution in [3.63, 3.8) is 0 Å². The third kappa shape index (κ3) is 9.63. The quantitative estimate of drug-likeness (QED) is 0.0804. The highest BCUT2D eigenvalue weighted by Crippen LogP contribution is 2.38. The summed E-state index contributed by atoms with van der Waals surface area (Å²) in [5.41, 5.74) is -6.05. The fourth-order valence-corrected chi connectivity index (χ4v) is 13.4. The van der Waals surface area contributed by atoms with Crippen LogP contribution in [0.15, 0.2) is 124 Å². The molecule has 0 bridgehead atoms. The summed E-state index contributed by atoms with van der Waals surface area (Å²) in [6.07, 6.45) is 0.359. The van der Waals surface area contributed by atoms with Gasteiger partial charge in [0.25, 0.3) is 18.2 Å². The first kappa shape index (κ1) is 40.6. The molecule has 4 rings (SSSR count). The van der Waals surface area contributed by atoms with Gasteiger partial charge >= 0.3 is 5.51 Å². The lowest BCUT2D eigenvalue weighted by atomic mass is 10.2. The Hall–Kier alpha value is -3.18. The minimum Gasteiger partial charge on any atom is -0.406 e.